The van der Waals surface area contributed by atoms with Gasteiger partial charge in [-0.2, -0.15) is 5.10 Å². The molecular formula is C19H27N5O2. The average Bonchev–Trinajstić information content (AvgIpc) is 2.91. The lowest BCUT2D eigenvalue weighted by atomic mass is 10.1. The van der Waals surface area contributed by atoms with Gasteiger partial charge in [0.2, 0.25) is 5.91 Å². The van der Waals surface area contributed by atoms with Gasteiger partial charge in [-0.3, -0.25) is 9.48 Å². The highest BCUT2D eigenvalue weighted by atomic mass is 16.5. The highest BCUT2D eigenvalue weighted by Gasteiger charge is 2.13. The summed E-state index contributed by atoms with van der Waals surface area (Å²) in [7, 11) is 1.92. The Morgan fingerprint density at radius 2 is 2.08 bits per heavy atom. The molecule has 0 atom stereocenters. The lowest BCUT2D eigenvalue weighted by Crippen LogP contribution is -2.36. The Balaban J connectivity index is 1.51. The molecule has 1 amide bonds. The van der Waals surface area contributed by atoms with Crippen LogP contribution in [0.1, 0.15) is 28.9 Å². The van der Waals surface area contributed by atoms with E-state index in [1.807, 2.05) is 37.8 Å². The first-order valence-electron chi connectivity index (χ1n) is 9.08. The maximum absolute atomic E-state index is 12.2. The van der Waals surface area contributed by atoms with E-state index in [9.17, 15) is 4.79 Å². The first-order valence-corrected chi connectivity index (χ1v) is 9.08. The number of morpholine rings is 1. The molecule has 2 aromatic rings. The van der Waals surface area contributed by atoms with Crippen molar-refractivity contribution in [3.8, 4) is 0 Å². The molecule has 140 valence electrons. The lowest BCUT2D eigenvalue weighted by molar-refractivity contribution is -0.121. The first-order chi connectivity index (χ1) is 12.5. The standard InChI is InChI=1S/C19H27N5O2/c1-14-17(15(2)23(3)22-14)13-21-19(25)5-4-16-6-7-20-18(12-16)24-8-10-26-11-9-24/h6-7,12H,4-5,8-11,13H2,1-3H3,(H,21,25). The van der Waals surface area contributed by atoms with Crippen molar-refractivity contribution in [2.24, 2.45) is 7.05 Å². The number of carbonyl (C=O) groups is 1. The summed E-state index contributed by atoms with van der Waals surface area (Å²) in [4.78, 5) is 18.9. The zero-order valence-electron chi connectivity index (χ0n) is 15.8. The van der Waals surface area contributed by atoms with Crippen LogP contribution in [0.2, 0.25) is 0 Å². The Morgan fingerprint density at radius 1 is 1.31 bits per heavy atom. The summed E-state index contributed by atoms with van der Waals surface area (Å²) in [6.45, 7) is 7.72. The van der Waals surface area contributed by atoms with E-state index in [1.165, 1.54) is 0 Å². The number of ether oxygens (including phenoxy) is 1. The molecule has 7 nitrogen and oxygen atoms in total. The monoisotopic (exact) mass is 357 g/mol. The van der Waals surface area contributed by atoms with Crippen LogP contribution in [0.15, 0.2) is 18.3 Å². The molecule has 2 aromatic heterocycles. The van der Waals surface area contributed by atoms with Crippen molar-refractivity contribution >= 4 is 11.7 Å². The number of carbonyl (C=O) groups excluding carboxylic acids is 1. The zero-order chi connectivity index (χ0) is 18.5. The van der Waals surface area contributed by atoms with Crippen molar-refractivity contribution in [2.75, 3.05) is 31.2 Å². The molecule has 1 saturated heterocycles. The Morgan fingerprint density at radius 3 is 2.77 bits per heavy atom. The van der Waals surface area contributed by atoms with E-state index in [0.717, 1.165) is 54.6 Å². The molecule has 0 spiro atoms. The minimum atomic E-state index is 0.0531. The minimum Gasteiger partial charge on any atom is -0.378 e. The molecule has 1 aliphatic rings. The second-order valence-electron chi connectivity index (χ2n) is 6.67. The summed E-state index contributed by atoms with van der Waals surface area (Å²) in [5.74, 6) is 1.02. The third-order valence-electron chi connectivity index (χ3n) is 4.91. The van der Waals surface area contributed by atoms with E-state index in [-0.39, 0.29) is 5.91 Å². The number of nitrogens with zero attached hydrogens (tertiary/aromatic N) is 4. The van der Waals surface area contributed by atoms with Crippen LogP contribution in [0.4, 0.5) is 5.82 Å². The van der Waals surface area contributed by atoms with Gasteiger partial charge in [0.05, 0.1) is 18.9 Å². The highest BCUT2D eigenvalue weighted by Crippen LogP contribution is 2.16. The number of nitrogens with one attached hydrogen (secondary N) is 1. The molecule has 0 bridgehead atoms. The van der Waals surface area contributed by atoms with Crippen LogP contribution in [0.5, 0.6) is 0 Å². The van der Waals surface area contributed by atoms with E-state index in [4.69, 9.17) is 4.74 Å². The van der Waals surface area contributed by atoms with Crippen LogP contribution in [-0.2, 0) is 29.5 Å². The summed E-state index contributed by atoms with van der Waals surface area (Å²) in [6, 6.07) is 4.06. The summed E-state index contributed by atoms with van der Waals surface area (Å²) in [5, 5.41) is 7.39. The van der Waals surface area contributed by atoms with Crippen molar-refractivity contribution in [3.05, 3.63) is 40.8 Å². The molecule has 7 heteroatoms. The second kappa shape index (κ2) is 8.31. The number of amides is 1. The molecule has 3 rings (SSSR count). The van der Waals surface area contributed by atoms with Gasteiger partial charge < -0.3 is 15.0 Å². The van der Waals surface area contributed by atoms with Gasteiger partial charge in [0, 0.05) is 50.6 Å². The third-order valence-corrected chi connectivity index (χ3v) is 4.91. The van der Waals surface area contributed by atoms with Gasteiger partial charge in [-0.1, -0.05) is 0 Å². The summed E-state index contributed by atoms with van der Waals surface area (Å²) < 4.78 is 7.23. The van der Waals surface area contributed by atoms with Gasteiger partial charge in [-0.25, -0.2) is 4.98 Å². The smallest absolute Gasteiger partial charge is 0.220 e. The number of aromatic nitrogens is 3. The van der Waals surface area contributed by atoms with Crippen LogP contribution in [-0.4, -0.2) is 47.0 Å². The minimum absolute atomic E-state index is 0.0531. The SMILES string of the molecule is Cc1nn(C)c(C)c1CNC(=O)CCc1ccnc(N2CCOCC2)c1. The fraction of sp³-hybridized carbons (Fsp3) is 0.526. The number of aryl methyl sites for hydroxylation is 3. The maximum Gasteiger partial charge on any atom is 0.220 e. The topological polar surface area (TPSA) is 72.3 Å². The summed E-state index contributed by atoms with van der Waals surface area (Å²) in [5.41, 5.74) is 4.28. The van der Waals surface area contributed by atoms with E-state index in [2.05, 4.69) is 26.4 Å². The summed E-state index contributed by atoms with van der Waals surface area (Å²) in [6.07, 6.45) is 2.99. The largest absolute Gasteiger partial charge is 0.378 e. The second-order valence-corrected chi connectivity index (χ2v) is 6.67. The van der Waals surface area contributed by atoms with E-state index >= 15 is 0 Å². The molecule has 0 aromatic carbocycles. The molecule has 0 aliphatic carbocycles. The molecule has 1 fully saturated rings. The molecule has 1 N–H and O–H groups in total. The van der Waals surface area contributed by atoms with Crippen molar-refractivity contribution in [3.63, 3.8) is 0 Å². The normalized spacial score (nSPS) is 14.5. The number of hydrogen-bond donors (Lipinski definition) is 1. The van der Waals surface area contributed by atoms with Crippen molar-refractivity contribution < 1.29 is 9.53 Å². The molecular weight excluding hydrogens is 330 g/mol. The van der Waals surface area contributed by atoms with Crippen LogP contribution >= 0.6 is 0 Å². The van der Waals surface area contributed by atoms with Gasteiger partial charge in [-0.15, -0.1) is 0 Å². The number of rotatable bonds is 6. The van der Waals surface area contributed by atoms with Gasteiger partial charge in [-0.05, 0) is 38.0 Å². The maximum atomic E-state index is 12.2. The fourth-order valence-corrected chi connectivity index (χ4v) is 3.19. The Kier molecular flexibility index (Phi) is 5.88. The van der Waals surface area contributed by atoms with Gasteiger partial charge in [0.15, 0.2) is 0 Å². The lowest BCUT2D eigenvalue weighted by Gasteiger charge is -2.28. The zero-order valence-corrected chi connectivity index (χ0v) is 15.8. The first kappa shape index (κ1) is 18.4. The Labute approximate surface area is 154 Å². The molecule has 26 heavy (non-hydrogen) atoms. The van der Waals surface area contributed by atoms with Crippen LogP contribution < -0.4 is 10.2 Å². The van der Waals surface area contributed by atoms with Gasteiger partial charge in [0.1, 0.15) is 5.82 Å². The van der Waals surface area contributed by atoms with E-state index in [0.29, 0.717) is 19.4 Å². The van der Waals surface area contributed by atoms with Gasteiger partial charge >= 0.3 is 0 Å². The van der Waals surface area contributed by atoms with Crippen molar-refractivity contribution in [1.82, 2.24) is 20.1 Å². The van der Waals surface area contributed by atoms with E-state index < -0.39 is 0 Å². The van der Waals surface area contributed by atoms with Crippen molar-refractivity contribution in [1.29, 1.82) is 0 Å². The van der Waals surface area contributed by atoms with Crippen LogP contribution in [0, 0.1) is 13.8 Å². The summed E-state index contributed by atoms with van der Waals surface area (Å²) >= 11 is 0. The molecule has 3 heterocycles. The van der Waals surface area contributed by atoms with Crippen LogP contribution in [0.3, 0.4) is 0 Å². The number of pyridine rings is 1. The Hall–Kier alpha value is -2.41. The molecule has 0 saturated carbocycles. The molecule has 0 unspecified atom stereocenters. The van der Waals surface area contributed by atoms with Gasteiger partial charge in [0.25, 0.3) is 0 Å². The fourth-order valence-electron chi connectivity index (χ4n) is 3.19. The predicted octanol–water partition coefficient (Wildman–Crippen LogP) is 1.52. The molecule has 1 aliphatic heterocycles. The average molecular weight is 357 g/mol. The van der Waals surface area contributed by atoms with Crippen molar-refractivity contribution in [2.45, 2.75) is 33.2 Å². The quantitative estimate of drug-likeness (QED) is 0.849. The van der Waals surface area contributed by atoms with Crippen LogP contribution in [0.25, 0.3) is 0 Å². The number of hydrogen-bond acceptors (Lipinski definition) is 5. The highest BCUT2D eigenvalue weighted by molar-refractivity contribution is 5.76. The number of anilines is 1. The third kappa shape index (κ3) is 4.40. The predicted molar refractivity (Wildman–Crippen MR) is 100 cm³/mol. The van der Waals surface area contributed by atoms with E-state index in [1.54, 1.807) is 0 Å². The Bertz CT molecular complexity index is 765. The molecule has 0 radical (unpaired) electrons.